The molecule has 1 rings (SSSR count). The average molecular weight is 267 g/mol. The smallest absolute Gasteiger partial charge is 0.127 e. The molecule has 1 atom stereocenters. The molecular weight excluding hydrogens is 242 g/mol. The van der Waals surface area contributed by atoms with Gasteiger partial charge < -0.3 is 19.9 Å². The Morgan fingerprint density at radius 3 is 2.58 bits per heavy atom. The minimum Gasteiger partial charge on any atom is -0.497 e. The van der Waals surface area contributed by atoms with E-state index in [2.05, 4.69) is 19.2 Å². The van der Waals surface area contributed by atoms with Crippen molar-refractivity contribution in [3.63, 3.8) is 0 Å². The molecular formula is C15H25NO3. The number of aliphatic hydroxyl groups excluding tert-OH is 1. The second-order valence-corrected chi connectivity index (χ2v) is 5.16. The largest absolute Gasteiger partial charge is 0.497 e. The van der Waals surface area contributed by atoms with E-state index in [4.69, 9.17) is 9.47 Å². The SMILES string of the molecule is COc1ccc(CNCC(C)C)c(OCC(C)O)c1. The minimum absolute atomic E-state index is 0.282. The Bertz CT molecular complexity index is 378. The van der Waals surface area contributed by atoms with E-state index in [0.717, 1.165) is 30.2 Å². The van der Waals surface area contributed by atoms with Crippen LogP contribution in [0.1, 0.15) is 26.3 Å². The predicted octanol–water partition coefficient (Wildman–Crippen LogP) is 2.20. The Balaban J connectivity index is 2.70. The molecule has 0 amide bonds. The molecule has 1 unspecified atom stereocenters. The highest BCUT2D eigenvalue weighted by Gasteiger charge is 2.07. The lowest BCUT2D eigenvalue weighted by Gasteiger charge is -2.15. The third-order valence-corrected chi connectivity index (χ3v) is 2.62. The number of nitrogens with one attached hydrogen (secondary N) is 1. The van der Waals surface area contributed by atoms with Crippen LogP contribution in [-0.2, 0) is 6.54 Å². The van der Waals surface area contributed by atoms with Gasteiger partial charge >= 0.3 is 0 Å². The molecule has 19 heavy (non-hydrogen) atoms. The van der Waals surface area contributed by atoms with Gasteiger partial charge in [0.1, 0.15) is 18.1 Å². The van der Waals surface area contributed by atoms with Crippen LogP contribution in [0.2, 0.25) is 0 Å². The summed E-state index contributed by atoms with van der Waals surface area (Å²) in [7, 11) is 1.63. The quantitative estimate of drug-likeness (QED) is 0.758. The topological polar surface area (TPSA) is 50.7 Å². The van der Waals surface area contributed by atoms with Crippen molar-refractivity contribution in [3.8, 4) is 11.5 Å². The third kappa shape index (κ3) is 5.94. The second-order valence-electron chi connectivity index (χ2n) is 5.16. The Hall–Kier alpha value is -1.26. The molecule has 0 fully saturated rings. The van der Waals surface area contributed by atoms with E-state index in [9.17, 15) is 5.11 Å². The number of ether oxygens (including phenoxy) is 2. The van der Waals surface area contributed by atoms with E-state index >= 15 is 0 Å². The first-order valence-corrected chi connectivity index (χ1v) is 6.71. The van der Waals surface area contributed by atoms with Crippen molar-refractivity contribution in [1.29, 1.82) is 0 Å². The number of hydrogen-bond acceptors (Lipinski definition) is 4. The van der Waals surface area contributed by atoms with E-state index in [1.807, 2.05) is 18.2 Å². The molecule has 0 saturated carbocycles. The molecule has 108 valence electrons. The molecule has 2 N–H and O–H groups in total. The van der Waals surface area contributed by atoms with Gasteiger partial charge in [-0.05, 0) is 25.5 Å². The molecule has 0 heterocycles. The molecule has 0 aliphatic carbocycles. The molecule has 0 saturated heterocycles. The summed E-state index contributed by atoms with van der Waals surface area (Å²) in [4.78, 5) is 0. The Kier molecular flexibility index (Phi) is 6.67. The first kappa shape index (κ1) is 15.8. The standard InChI is InChI=1S/C15H25NO3/c1-11(2)8-16-9-13-5-6-14(18-4)7-15(13)19-10-12(3)17/h5-7,11-12,16-17H,8-10H2,1-4H3. The van der Waals surface area contributed by atoms with Gasteiger partial charge in [0.25, 0.3) is 0 Å². The highest BCUT2D eigenvalue weighted by atomic mass is 16.5. The molecule has 1 aromatic carbocycles. The van der Waals surface area contributed by atoms with Crippen molar-refractivity contribution in [1.82, 2.24) is 5.32 Å². The van der Waals surface area contributed by atoms with Crippen LogP contribution in [0.5, 0.6) is 11.5 Å². The fourth-order valence-electron chi connectivity index (χ4n) is 1.65. The molecule has 0 spiro atoms. The molecule has 0 aliphatic heterocycles. The van der Waals surface area contributed by atoms with Gasteiger partial charge in [0.05, 0.1) is 13.2 Å². The van der Waals surface area contributed by atoms with Gasteiger partial charge in [0.2, 0.25) is 0 Å². The zero-order chi connectivity index (χ0) is 14.3. The van der Waals surface area contributed by atoms with Gasteiger partial charge in [-0.2, -0.15) is 0 Å². The molecule has 0 aliphatic rings. The van der Waals surface area contributed by atoms with Crippen molar-refractivity contribution < 1.29 is 14.6 Å². The second kappa shape index (κ2) is 8.02. The van der Waals surface area contributed by atoms with Gasteiger partial charge in [-0.25, -0.2) is 0 Å². The normalized spacial score (nSPS) is 12.5. The number of hydrogen-bond donors (Lipinski definition) is 2. The minimum atomic E-state index is -0.484. The van der Waals surface area contributed by atoms with Crippen LogP contribution < -0.4 is 14.8 Å². The van der Waals surface area contributed by atoms with Gasteiger partial charge in [0, 0.05) is 18.2 Å². The van der Waals surface area contributed by atoms with E-state index < -0.39 is 6.10 Å². The number of benzene rings is 1. The van der Waals surface area contributed by atoms with Gasteiger partial charge in [0.15, 0.2) is 0 Å². The lowest BCUT2D eigenvalue weighted by atomic mass is 10.1. The van der Waals surface area contributed by atoms with Crippen LogP contribution in [-0.4, -0.2) is 31.5 Å². The first-order chi connectivity index (χ1) is 9.02. The fourth-order valence-corrected chi connectivity index (χ4v) is 1.65. The number of aliphatic hydroxyl groups is 1. The van der Waals surface area contributed by atoms with Crippen molar-refractivity contribution in [2.75, 3.05) is 20.3 Å². The van der Waals surface area contributed by atoms with Crippen molar-refractivity contribution in [3.05, 3.63) is 23.8 Å². The zero-order valence-electron chi connectivity index (χ0n) is 12.3. The van der Waals surface area contributed by atoms with Crippen LogP contribution in [0.25, 0.3) is 0 Å². The maximum atomic E-state index is 9.31. The van der Waals surface area contributed by atoms with Gasteiger partial charge in [-0.3, -0.25) is 0 Å². The van der Waals surface area contributed by atoms with E-state index in [0.29, 0.717) is 5.92 Å². The monoisotopic (exact) mass is 267 g/mol. The van der Waals surface area contributed by atoms with E-state index in [-0.39, 0.29) is 6.61 Å². The van der Waals surface area contributed by atoms with E-state index in [1.165, 1.54) is 0 Å². The molecule has 0 aromatic heterocycles. The Labute approximate surface area is 115 Å². The summed E-state index contributed by atoms with van der Waals surface area (Å²) in [5.41, 5.74) is 1.07. The van der Waals surface area contributed by atoms with Crippen LogP contribution in [0.15, 0.2) is 18.2 Å². The molecule has 4 nitrogen and oxygen atoms in total. The van der Waals surface area contributed by atoms with Crippen LogP contribution >= 0.6 is 0 Å². The van der Waals surface area contributed by atoms with Crippen LogP contribution in [0.4, 0.5) is 0 Å². The van der Waals surface area contributed by atoms with Crippen molar-refractivity contribution in [2.24, 2.45) is 5.92 Å². The highest BCUT2D eigenvalue weighted by molar-refractivity contribution is 5.40. The van der Waals surface area contributed by atoms with Crippen LogP contribution in [0.3, 0.4) is 0 Å². The van der Waals surface area contributed by atoms with E-state index in [1.54, 1.807) is 14.0 Å². The Morgan fingerprint density at radius 2 is 2.00 bits per heavy atom. The molecule has 4 heteroatoms. The lowest BCUT2D eigenvalue weighted by Crippen LogP contribution is -2.20. The summed E-state index contributed by atoms with van der Waals surface area (Å²) in [5.74, 6) is 2.13. The fraction of sp³-hybridized carbons (Fsp3) is 0.600. The summed E-state index contributed by atoms with van der Waals surface area (Å²) in [6.45, 7) is 8.04. The number of rotatable bonds is 8. The maximum absolute atomic E-state index is 9.31. The lowest BCUT2D eigenvalue weighted by molar-refractivity contribution is 0.122. The zero-order valence-corrected chi connectivity index (χ0v) is 12.3. The first-order valence-electron chi connectivity index (χ1n) is 6.71. The summed E-state index contributed by atoms with van der Waals surface area (Å²) >= 11 is 0. The summed E-state index contributed by atoms with van der Waals surface area (Å²) < 4.78 is 10.8. The van der Waals surface area contributed by atoms with Gasteiger partial charge in [-0.1, -0.05) is 19.9 Å². The summed E-state index contributed by atoms with van der Waals surface area (Å²) in [5, 5.41) is 12.7. The summed E-state index contributed by atoms with van der Waals surface area (Å²) in [6.07, 6.45) is -0.484. The maximum Gasteiger partial charge on any atom is 0.127 e. The summed E-state index contributed by atoms with van der Waals surface area (Å²) in [6, 6.07) is 5.76. The molecule has 1 aromatic rings. The average Bonchev–Trinajstić information content (AvgIpc) is 2.36. The highest BCUT2D eigenvalue weighted by Crippen LogP contribution is 2.25. The number of methoxy groups -OCH3 is 1. The third-order valence-electron chi connectivity index (χ3n) is 2.62. The van der Waals surface area contributed by atoms with Gasteiger partial charge in [-0.15, -0.1) is 0 Å². The van der Waals surface area contributed by atoms with Crippen molar-refractivity contribution >= 4 is 0 Å². The van der Waals surface area contributed by atoms with Crippen molar-refractivity contribution in [2.45, 2.75) is 33.4 Å². The molecule has 0 radical (unpaired) electrons. The molecule has 0 bridgehead atoms. The predicted molar refractivity (Wildman–Crippen MR) is 76.7 cm³/mol. The Morgan fingerprint density at radius 1 is 1.26 bits per heavy atom. The van der Waals surface area contributed by atoms with Crippen LogP contribution in [0, 0.1) is 5.92 Å².